The number of para-hydroxylation sites is 1. The van der Waals surface area contributed by atoms with Crippen molar-refractivity contribution >= 4 is 34.6 Å². The molecule has 2 atom stereocenters. The minimum absolute atomic E-state index is 0.0196. The summed E-state index contributed by atoms with van der Waals surface area (Å²) in [6, 6.07) is 21.9. The Labute approximate surface area is 165 Å². The molecule has 0 fully saturated rings. The van der Waals surface area contributed by atoms with Gasteiger partial charge < -0.3 is 0 Å². The van der Waals surface area contributed by atoms with Crippen LogP contribution in [0.5, 0.6) is 0 Å². The SMILES string of the molecule is O=C1c2ccccc2C2=Nc3ccccc3SC(c3cccc([N+](=O)[O-])c3)C12. The van der Waals surface area contributed by atoms with Crippen molar-refractivity contribution in [2.75, 3.05) is 0 Å². The molecule has 3 aromatic rings. The summed E-state index contributed by atoms with van der Waals surface area (Å²) in [5, 5.41) is 11.0. The van der Waals surface area contributed by atoms with Crippen LogP contribution in [0.2, 0.25) is 0 Å². The molecule has 0 aromatic heterocycles. The molecule has 28 heavy (non-hydrogen) atoms. The van der Waals surface area contributed by atoms with Gasteiger partial charge in [0.2, 0.25) is 0 Å². The molecule has 1 aliphatic heterocycles. The van der Waals surface area contributed by atoms with Gasteiger partial charge in [0, 0.05) is 28.2 Å². The average Bonchev–Trinajstić information content (AvgIpc) is 2.88. The number of non-ortho nitro benzene ring substituents is 1. The third kappa shape index (κ3) is 2.57. The van der Waals surface area contributed by atoms with E-state index in [1.807, 2.05) is 54.6 Å². The molecule has 5 nitrogen and oxygen atoms in total. The molecule has 2 aliphatic rings. The number of carbonyl (C=O) groups is 1. The molecular weight excluding hydrogens is 372 g/mol. The predicted octanol–water partition coefficient (Wildman–Crippen LogP) is 5.38. The van der Waals surface area contributed by atoms with Gasteiger partial charge in [0.05, 0.1) is 27.5 Å². The largest absolute Gasteiger partial charge is 0.293 e. The van der Waals surface area contributed by atoms with Crippen LogP contribution < -0.4 is 0 Å². The molecule has 3 aromatic carbocycles. The Hall–Kier alpha value is -3.25. The molecule has 0 amide bonds. The van der Waals surface area contributed by atoms with Gasteiger partial charge in [-0.3, -0.25) is 19.9 Å². The maximum absolute atomic E-state index is 13.3. The van der Waals surface area contributed by atoms with E-state index >= 15 is 0 Å². The van der Waals surface area contributed by atoms with Crippen LogP contribution in [0.25, 0.3) is 0 Å². The van der Waals surface area contributed by atoms with Crippen molar-refractivity contribution < 1.29 is 9.72 Å². The van der Waals surface area contributed by atoms with Gasteiger partial charge in [-0.05, 0) is 17.7 Å². The van der Waals surface area contributed by atoms with E-state index in [4.69, 9.17) is 4.99 Å². The molecule has 0 spiro atoms. The lowest BCUT2D eigenvalue weighted by Crippen LogP contribution is -2.22. The van der Waals surface area contributed by atoms with E-state index in [-0.39, 0.29) is 16.7 Å². The Morgan fingerprint density at radius 3 is 2.50 bits per heavy atom. The normalized spacial score (nSPS) is 19.9. The number of nitro benzene ring substituents is 1. The monoisotopic (exact) mass is 386 g/mol. The van der Waals surface area contributed by atoms with Crippen LogP contribution >= 0.6 is 11.8 Å². The van der Waals surface area contributed by atoms with Gasteiger partial charge in [0.15, 0.2) is 5.78 Å². The van der Waals surface area contributed by atoms with Crippen molar-refractivity contribution in [1.29, 1.82) is 0 Å². The van der Waals surface area contributed by atoms with Gasteiger partial charge in [-0.15, -0.1) is 11.8 Å². The van der Waals surface area contributed by atoms with Crippen LogP contribution in [0.15, 0.2) is 82.7 Å². The number of benzene rings is 3. The van der Waals surface area contributed by atoms with E-state index in [0.29, 0.717) is 5.56 Å². The summed E-state index contributed by atoms with van der Waals surface area (Å²) < 4.78 is 0. The van der Waals surface area contributed by atoms with E-state index in [2.05, 4.69) is 0 Å². The highest BCUT2D eigenvalue weighted by atomic mass is 32.2. The van der Waals surface area contributed by atoms with E-state index in [1.54, 1.807) is 23.9 Å². The first-order chi connectivity index (χ1) is 13.6. The molecular formula is C22H14N2O3S. The van der Waals surface area contributed by atoms with Gasteiger partial charge in [0.25, 0.3) is 5.69 Å². The van der Waals surface area contributed by atoms with E-state index in [1.165, 1.54) is 6.07 Å². The maximum atomic E-state index is 13.3. The zero-order valence-electron chi connectivity index (χ0n) is 14.6. The molecule has 0 bridgehead atoms. The molecule has 5 rings (SSSR count). The fourth-order valence-corrected chi connectivity index (χ4v) is 5.19. The standard InChI is InChI=1S/C22H14N2O3S/c25-21-16-9-2-1-8-15(16)20-19(21)22(13-6-5-7-14(12-13)24(26)27)28-18-11-4-3-10-17(18)23-20/h1-12,19,22H. The molecule has 0 saturated heterocycles. The van der Waals surface area contributed by atoms with Crippen molar-refractivity contribution in [3.8, 4) is 0 Å². The molecule has 1 aliphatic carbocycles. The predicted molar refractivity (Wildman–Crippen MR) is 109 cm³/mol. The number of nitro groups is 1. The lowest BCUT2D eigenvalue weighted by molar-refractivity contribution is -0.384. The lowest BCUT2D eigenvalue weighted by atomic mass is 9.93. The number of thioether (sulfide) groups is 1. The number of hydrogen-bond donors (Lipinski definition) is 0. The van der Waals surface area contributed by atoms with Crippen molar-refractivity contribution in [1.82, 2.24) is 0 Å². The number of hydrogen-bond acceptors (Lipinski definition) is 5. The quantitative estimate of drug-likeness (QED) is 0.438. The summed E-state index contributed by atoms with van der Waals surface area (Å²) in [5.41, 5.74) is 3.87. The Bertz CT molecular complexity index is 1170. The van der Waals surface area contributed by atoms with Crippen LogP contribution in [0.1, 0.15) is 26.7 Å². The highest BCUT2D eigenvalue weighted by Gasteiger charge is 2.44. The first-order valence-electron chi connectivity index (χ1n) is 8.86. The van der Waals surface area contributed by atoms with E-state index in [0.717, 1.165) is 27.4 Å². The molecule has 1 heterocycles. The van der Waals surface area contributed by atoms with Crippen molar-refractivity contribution in [3.05, 3.63) is 99.6 Å². The fraction of sp³-hybridized carbons (Fsp3) is 0.0909. The van der Waals surface area contributed by atoms with Crippen LogP contribution in [-0.2, 0) is 0 Å². The highest BCUT2D eigenvalue weighted by Crippen LogP contribution is 2.51. The van der Waals surface area contributed by atoms with Crippen LogP contribution in [0, 0.1) is 16.0 Å². The van der Waals surface area contributed by atoms with Crippen LogP contribution in [0.3, 0.4) is 0 Å². The molecule has 0 saturated carbocycles. The number of rotatable bonds is 2. The third-order valence-corrected chi connectivity index (χ3v) is 6.52. The molecule has 0 N–H and O–H groups in total. The molecule has 2 unspecified atom stereocenters. The summed E-state index contributed by atoms with van der Waals surface area (Å²) in [7, 11) is 0. The maximum Gasteiger partial charge on any atom is 0.269 e. The Morgan fingerprint density at radius 2 is 1.68 bits per heavy atom. The number of Topliss-reactive ketones (excluding diaryl/α,β-unsaturated/α-hetero) is 1. The minimum Gasteiger partial charge on any atom is -0.293 e. The average molecular weight is 386 g/mol. The lowest BCUT2D eigenvalue weighted by Gasteiger charge is -2.21. The van der Waals surface area contributed by atoms with Gasteiger partial charge in [-0.2, -0.15) is 0 Å². The summed E-state index contributed by atoms with van der Waals surface area (Å²) in [5.74, 6) is -0.456. The minimum atomic E-state index is -0.475. The Kier molecular flexibility index (Phi) is 3.87. The smallest absolute Gasteiger partial charge is 0.269 e. The van der Waals surface area contributed by atoms with Gasteiger partial charge in [0.1, 0.15) is 0 Å². The second-order valence-corrected chi connectivity index (χ2v) is 7.93. The van der Waals surface area contributed by atoms with Crippen LogP contribution in [0.4, 0.5) is 11.4 Å². The summed E-state index contributed by atoms with van der Waals surface area (Å²) >= 11 is 1.54. The van der Waals surface area contributed by atoms with Gasteiger partial charge >= 0.3 is 0 Å². The summed E-state index contributed by atoms with van der Waals surface area (Å²) in [6.07, 6.45) is 0. The zero-order chi connectivity index (χ0) is 19.3. The summed E-state index contributed by atoms with van der Waals surface area (Å²) in [6.45, 7) is 0. The van der Waals surface area contributed by atoms with Crippen LogP contribution in [-0.4, -0.2) is 16.4 Å². The number of ketones is 1. The molecule has 136 valence electrons. The number of nitrogens with zero attached hydrogens (tertiary/aromatic N) is 2. The Morgan fingerprint density at radius 1 is 0.929 bits per heavy atom. The fourth-order valence-electron chi connectivity index (χ4n) is 3.85. The first kappa shape index (κ1) is 16.9. The zero-order valence-corrected chi connectivity index (χ0v) is 15.4. The Balaban J connectivity index is 1.73. The second kappa shape index (κ2) is 6.42. The van der Waals surface area contributed by atoms with Gasteiger partial charge in [-0.25, -0.2) is 0 Å². The summed E-state index contributed by atoms with van der Waals surface area (Å²) in [4.78, 5) is 30.0. The van der Waals surface area contributed by atoms with E-state index in [9.17, 15) is 14.9 Å². The van der Waals surface area contributed by atoms with Crippen molar-refractivity contribution in [2.24, 2.45) is 10.9 Å². The van der Waals surface area contributed by atoms with Crippen molar-refractivity contribution in [2.45, 2.75) is 10.1 Å². The molecule has 0 radical (unpaired) electrons. The first-order valence-corrected chi connectivity index (χ1v) is 9.73. The topological polar surface area (TPSA) is 72.6 Å². The van der Waals surface area contributed by atoms with Gasteiger partial charge in [-0.1, -0.05) is 48.5 Å². The number of fused-ring (bicyclic) bond motifs is 4. The molecule has 6 heteroatoms. The second-order valence-electron chi connectivity index (χ2n) is 6.74. The number of aliphatic imine (C=N–C) groups is 1. The third-order valence-electron chi connectivity index (χ3n) is 5.12. The highest BCUT2D eigenvalue weighted by molar-refractivity contribution is 7.99. The van der Waals surface area contributed by atoms with Crippen molar-refractivity contribution in [3.63, 3.8) is 0 Å². The number of carbonyl (C=O) groups excluding carboxylic acids is 1. The van der Waals surface area contributed by atoms with E-state index < -0.39 is 10.8 Å².